The lowest BCUT2D eigenvalue weighted by Gasteiger charge is -2.22. The molecule has 118 valence electrons. The molecule has 0 aromatic carbocycles. The minimum absolute atomic E-state index is 0.0167. The highest BCUT2D eigenvalue weighted by Gasteiger charge is 2.47. The van der Waals surface area contributed by atoms with E-state index in [0.717, 1.165) is 4.90 Å². The molecule has 8 nitrogen and oxygen atoms in total. The highest BCUT2D eigenvalue weighted by atomic mass is 16.4. The monoisotopic (exact) mass is 299 g/mol. The molecule has 21 heavy (non-hydrogen) atoms. The Balaban J connectivity index is 2.69. The summed E-state index contributed by atoms with van der Waals surface area (Å²) in [5, 5.41) is 11.4. The molecule has 0 spiro atoms. The van der Waals surface area contributed by atoms with Gasteiger partial charge in [-0.15, -0.1) is 0 Å². The van der Waals surface area contributed by atoms with Crippen molar-refractivity contribution in [2.24, 2.45) is 5.92 Å². The number of carbonyl (C=O) groups excluding carboxylic acids is 3. The van der Waals surface area contributed by atoms with Crippen molar-refractivity contribution >= 4 is 23.8 Å². The maximum atomic E-state index is 12.1. The van der Waals surface area contributed by atoms with Gasteiger partial charge in [0.1, 0.15) is 12.1 Å². The standard InChI is InChI=1S/C13H21N3O5/c1-5-13(3)11(20)16(12(21)14-13)7-9(17)15(4)6-8(2)10(18)19/h8H,5-7H2,1-4H3,(H,14,21)(H,18,19). The van der Waals surface area contributed by atoms with E-state index in [4.69, 9.17) is 5.11 Å². The number of imide groups is 1. The number of carboxylic acids is 1. The maximum absolute atomic E-state index is 12.1. The van der Waals surface area contributed by atoms with Crippen LogP contribution in [-0.4, -0.2) is 64.4 Å². The van der Waals surface area contributed by atoms with E-state index < -0.39 is 35.3 Å². The number of rotatable bonds is 6. The van der Waals surface area contributed by atoms with Gasteiger partial charge in [-0.25, -0.2) is 4.79 Å². The van der Waals surface area contributed by atoms with Crippen LogP contribution in [0.15, 0.2) is 0 Å². The molecule has 1 rings (SSSR count). The normalized spacial score (nSPS) is 23.0. The largest absolute Gasteiger partial charge is 0.481 e. The van der Waals surface area contributed by atoms with Gasteiger partial charge in [-0.1, -0.05) is 13.8 Å². The molecular weight excluding hydrogens is 278 g/mol. The van der Waals surface area contributed by atoms with Crippen LogP contribution in [0.5, 0.6) is 0 Å². The lowest BCUT2D eigenvalue weighted by molar-refractivity contribution is -0.143. The zero-order chi connectivity index (χ0) is 16.4. The second-order valence-corrected chi connectivity index (χ2v) is 5.52. The van der Waals surface area contributed by atoms with E-state index in [0.29, 0.717) is 6.42 Å². The number of nitrogens with one attached hydrogen (secondary N) is 1. The lowest BCUT2D eigenvalue weighted by Crippen LogP contribution is -2.45. The fourth-order valence-electron chi connectivity index (χ4n) is 1.98. The SMILES string of the molecule is CCC1(C)NC(=O)N(CC(=O)N(C)CC(C)C(=O)O)C1=O. The first-order valence-corrected chi connectivity index (χ1v) is 6.73. The number of aliphatic carboxylic acids is 1. The average Bonchev–Trinajstić information content (AvgIpc) is 2.62. The molecule has 1 fully saturated rings. The Bertz CT molecular complexity index is 478. The third kappa shape index (κ3) is 3.50. The van der Waals surface area contributed by atoms with Gasteiger partial charge >= 0.3 is 12.0 Å². The molecule has 0 bridgehead atoms. The summed E-state index contributed by atoms with van der Waals surface area (Å²) in [5.74, 6) is -2.65. The summed E-state index contributed by atoms with van der Waals surface area (Å²) < 4.78 is 0. The Morgan fingerprint density at radius 3 is 2.43 bits per heavy atom. The third-order valence-corrected chi connectivity index (χ3v) is 3.74. The lowest BCUT2D eigenvalue weighted by atomic mass is 9.99. The van der Waals surface area contributed by atoms with Crippen LogP contribution in [0.2, 0.25) is 0 Å². The molecule has 4 amide bonds. The first kappa shape index (κ1) is 16.9. The summed E-state index contributed by atoms with van der Waals surface area (Å²) >= 11 is 0. The fraction of sp³-hybridized carbons (Fsp3) is 0.692. The van der Waals surface area contributed by atoms with Crippen molar-refractivity contribution in [2.45, 2.75) is 32.7 Å². The minimum atomic E-state index is -1.01. The van der Waals surface area contributed by atoms with Crippen LogP contribution in [0.4, 0.5) is 4.79 Å². The van der Waals surface area contributed by atoms with Gasteiger partial charge < -0.3 is 15.3 Å². The van der Waals surface area contributed by atoms with E-state index in [1.807, 2.05) is 0 Å². The van der Waals surface area contributed by atoms with Gasteiger partial charge in [0.25, 0.3) is 5.91 Å². The van der Waals surface area contributed by atoms with Gasteiger partial charge in [-0.05, 0) is 13.3 Å². The van der Waals surface area contributed by atoms with E-state index in [1.54, 1.807) is 13.8 Å². The summed E-state index contributed by atoms with van der Waals surface area (Å²) in [4.78, 5) is 48.8. The molecule has 0 aliphatic carbocycles. The van der Waals surface area contributed by atoms with E-state index >= 15 is 0 Å². The van der Waals surface area contributed by atoms with Crippen molar-refractivity contribution in [1.29, 1.82) is 0 Å². The molecule has 1 heterocycles. The highest BCUT2D eigenvalue weighted by molar-refractivity contribution is 6.08. The number of urea groups is 1. The Labute approximate surface area is 123 Å². The summed E-state index contributed by atoms with van der Waals surface area (Å²) in [6, 6.07) is -0.600. The van der Waals surface area contributed by atoms with Crippen molar-refractivity contribution < 1.29 is 24.3 Å². The number of carboxylic acid groups (broad SMARTS) is 1. The van der Waals surface area contributed by atoms with Gasteiger partial charge in [0.15, 0.2) is 0 Å². The Morgan fingerprint density at radius 1 is 1.43 bits per heavy atom. The maximum Gasteiger partial charge on any atom is 0.325 e. The van der Waals surface area contributed by atoms with Crippen molar-refractivity contribution in [1.82, 2.24) is 15.1 Å². The van der Waals surface area contributed by atoms with Crippen molar-refractivity contribution in [2.75, 3.05) is 20.1 Å². The molecule has 1 saturated heterocycles. The van der Waals surface area contributed by atoms with Crippen molar-refractivity contribution in [3.63, 3.8) is 0 Å². The summed E-state index contributed by atoms with van der Waals surface area (Å²) in [6.45, 7) is 4.48. The zero-order valence-corrected chi connectivity index (χ0v) is 12.7. The van der Waals surface area contributed by atoms with E-state index in [2.05, 4.69) is 5.32 Å². The van der Waals surface area contributed by atoms with E-state index in [-0.39, 0.29) is 13.1 Å². The highest BCUT2D eigenvalue weighted by Crippen LogP contribution is 2.20. The minimum Gasteiger partial charge on any atom is -0.481 e. The number of carbonyl (C=O) groups is 4. The van der Waals surface area contributed by atoms with Crippen molar-refractivity contribution in [3.8, 4) is 0 Å². The second kappa shape index (κ2) is 6.11. The molecule has 0 aromatic heterocycles. The predicted octanol–water partition coefficient (Wildman–Crippen LogP) is -0.114. The quantitative estimate of drug-likeness (QED) is 0.665. The summed E-state index contributed by atoms with van der Waals surface area (Å²) in [7, 11) is 1.44. The molecule has 2 unspecified atom stereocenters. The molecule has 2 atom stereocenters. The van der Waals surface area contributed by atoms with Crippen LogP contribution in [0.1, 0.15) is 27.2 Å². The average molecular weight is 299 g/mol. The number of likely N-dealkylation sites (N-methyl/N-ethyl adjacent to an activating group) is 1. The first-order chi connectivity index (χ1) is 9.62. The topological polar surface area (TPSA) is 107 Å². The van der Waals surface area contributed by atoms with Crippen molar-refractivity contribution in [3.05, 3.63) is 0 Å². The van der Waals surface area contributed by atoms with Crippen LogP contribution in [-0.2, 0) is 14.4 Å². The fourth-order valence-corrected chi connectivity index (χ4v) is 1.98. The Kier molecular flexibility index (Phi) is 4.93. The van der Waals surface area contributed by atoms with Gasteiger partial charge in [-0.3, -0.25) is 19.3 Å². The summed E-state index contributed by atoms with van der Waals surface area (Å²) in [6.07, 6.45) is 0.425. The van der Waals surface area contributed by atoms with Crippen LogP contribution in [0, 0.1) is 5.92 Å². The molecule has 0 radical (unpaired) electrons. The number of nitrogens with zero attached hydrogens (tertiary/aromatic N) is 2. The summed E-state index contributed by atoms with van der Waals surface area (Å²) in [5.41, 5.74) is -0.982. The van der Waals surface area contributed by atoms with Crippen LogP contribution in [0.25, 0.3) is 0 Å². The predicted molar refractivity (Wildman–Crippen MR) is 73.4 cm³/mol. The van der Waals surface area contributed by atoms with Crippen LogP contribution in [0.3, 0.4) is 0 Å². The molecular formula is C13H21N3O5. The Morgan fingerprint density at radius 2 is 2.00 bits per heavy atom. The second-order valence-electron chi connectivity index (χ2n) is 5.52. The number of amides is 4. The van der Waals surface area contributed by atoms with E-state index in [1.165, 1.54) is 18.9 Å². The number of hydrogen-bond acceptors (Lipinski definition) is 4. The molecule has 1 aliphatic rings. The van der Waals surface area contributed by atoms with E-state index in [9.17, 15) is 19.2 Å². The Hall–Kier alpha value is -2.12. The van der Waals surface area contributed by atoms with Gasteiger partial charge in [-0.2, -0.15) is 0 Å². The number of hydrogen-bond donors (Lipinski definition) is 2. The molecule has 1 aliphatic heterocycles. The first-order valence-electron chi connectivity index (χ1n) is 6.73. The molecule has 8 heteroatoms. The van der Waals surface area contributed by atoms with Gasteiger partial charge in [0.2, 0.25) is 5.91 Å². The van der Waals surface area contributed by atoms with Crippen LogP contribution < -0.4 is 5.32 Å². The molecule has 0 saturated carbocycles. The van der Waals surface area contributed by atoms with Gasteiger partial charge in [0.05, 0.1) is 5.92 Å². The smallest absolute Gasteiger partial charge is 0.325 e. The molecule has 2 N–H and O–H groups in total. The zero-order valence-electron chi connectivity index (χ0n) is 12.7. The van der Waals surface area contributed by atoms with Gasteiger partial charge in [0, 0.05) is 13.6 Å². The third-order valence-electron chi connectivity index (χ3n) is 3.74. The molecule has 0 aromatic rings. The van der Waals surface area contributed by atoms with Crippen LogP contribution >= 0.6 is 0 Å².